The molecular formula is C26H27F3N2O6. The van der Waals surface area contributed by atoms with E-state index in [0.717, 1.165) is 12.1 Å². The summed E-state index contributed by atoms with van der Waals surface area (Å²) in [6.07, 6.45) is -4.09. The Hall–Kier alpha value is -3.86. The van der Waals surface area contributed by atoms with Gasteiger partial charge in [0.1, 0.15) is 30.0 Å². The van der Waals surface area contributed by atoms with Gasteiger partial charge in [-0.15, -0.1) is 0 Å². The average Bonchev–Trinajstić information content (AvgIpc) is 2.85. The first kappa shape index (κ1) is 27.7. The van der Waals surface area contributed by atoms with Crippen molar-refractivity contribution in [3.05, 3.63) is 69.5 Å². The van der Waals surface area contributed by atoms with Crippen molar-refractivity contribution in [2.24, 2.45) is 0 Å². The zero-order valence-electron chi connectivity index (χ0n) is 20.7. The van der Waals surface area contributed by atoms with Gasteiger partial charge in [-0.05, 0) is 50.6 Å². The number of hydrogen-bond acceptors (Lipinski definition) is 6. The third-order valence-corrected chi connectivity index (χ3v) is 5.68. The van der Waals surface area contributed by atoms with Gasteiger partial charge in [0.15, 0.2) is 0 Å². The molecule has 0 saturated heterocycles. The van der Waals surface area contributed by atoms with Crippen LogP contribution < -0.4 is 15.6 Å². The highest BCUT2D eigenvalue weighted by Gasteiger charge is 2.33. The molecular weight excluding hydrogens is 493 g/mol. The Morgan fingerprint density at radius 1 is 1.19 bits per heavy atom. The van der Waals surface area contributed by atoms with Crippen LogP contribution in [0.15, 0.2) is 47.3 Å². The molecule has 1 aliphatic rings. The van der Waals surface area contributed by atoms with E-state index in [0.29, 0.717) is 11.8 Å². The van der Waals surface area contributed by atoms with E-state index in [1.807, 2.05) is 20.8 Å². The van der Waals surface area contributed by atoms with Crippen LogP contribution in [0.1, 0.15) is 48.3 Å². The third-order valence-electron chi connectivity index (χ3n) is 5.68. The Morgan fingerprint density at radius 3 is 2.35 bits per heavy atom. The number of amides is 1. The van der Waals surface area contributed by atoms with Crippen molar-refractivity contribution in [2.45, 2.75) is 38.6 Å². The molecule has 1 amide bonds. The number of carbonyl (C=O) groups is 2. The van der Waals surface area contributed by atoms with Crippen LogP contribution in [0.2, 0.25) is 0 Å². The second kappa shape index (κ2) is 10.6. The van der Waals surface area contributed by atoms with E-state index in [-0.39, 0.29) is 35.4 Å². The number of aldehydes is 1. The van der Waals surface area contributed by atoms with Crippen LogP contribution in [-0.2, 0) is 15.7 Å². The topological polar surface area (TPSA) is 107 Å². The monoisotopic (exact) mass is 520 g/mol. The maximum Gasteiger partial charge on any atom is 0.416 e. The van der Waals surface area contributed by atoms with Crippen molar-refractivity contribution < 1.29 is 37.3 Å². The average molecular weight is 521 g/mol. The van der Waals surface area contributed by atoms with Gasteiger partial charge in [-0.3, -0.25) is 14.2 Å². The number of benzene rings is 2. The van der Waals surface area contributed by atoms with Crippen molar-refractivity contribution in [1.82, 2.24) is 9.88 Å². The predicted molar refractivity (Wildman–Crippen MR) is 130 cm³/mol. The van der Waals surface area contributed by atoms with E-state index in [9.17, 15) is 32.7 Å². The summed E-state index contributed by atoms with van der Waals surface area (Å²) in [7, 11) is 1.71. The van der Waals surface area contributed by atoms with Crippen molar-refractivity contribution in [1.29, 1.82) is 0 Å². The fraction of sp³-hybridized carbons (Fsp3) is 0.346. The van der Waals surface area contributed by atoms with Gasteiger partial charge in [0.2, 0.25) is 0 Å². The highest BCUT2D eigenvalue weighted by Crippen LogP contribution is 2.39. The summed E-state index contributed by atoms with van der Waals surface area (Å²) in [6.45, 7) is 5.63. The Morgan fingerprint density at radius 2 is 1.81 bits per heavy atom. The second-order valence-corrected chi connectivity index (χ2v) is 9.19. The van der Waals surface area contributed by atoms with Crippen molar-refractivity contribution in [3.63, 3.8) is 0 Å². The molecule has 3 aromatic rings. The molecule has 11 heteroatoms. The SMILES string of the molecule is COC(C)(C)C.O=CCNC(=O)c1c(O)c2cccc3c2n(c1=O)C(c1ccc(C(F)(F)F)cc1)CO3. The number of aromatic nitrogens is 1. The fourth-order valence-electron chi connectivity index (χ4n) is 3.64. The number of hydrogen-bond donors (Lipinski definition) is 2. The van der Waals surface area contributed by atoms with E-state index in [1.54, 1.807) is 19.2 Å². The summed E-state index contributed by atoms with van der Waals surface area (Å²) in [6, 6.07) is 8.06. The number of carbonyl (C=O) groups excluding carboxylic acids is 2. The third kappa shape index (κ3) is 5.93. The molecule has 1 unspecified atom stereocenters. The lowest BCUT2D eigenvalue weighted by molar-refractivity contribution is -0.137. The van der Waals surface area contributed by atoms with Gasteiger partial charge in [-0.25, -0.2) is 0 Å². The Kier molecular flexibility index (Phi) is 7.97. The highest BCUT2D eigenvalue weighted by atomic mass is 19.4. The number of nitrogens with zero attached hydrogens (tertiary/aromatic N) is 1. The molecule has 0 fully saturated rings. The van der Waals surface area contributed by atoms with Gasteiger partial charge in [0.25, 0.3) is 11.5 Å². The molecule has 2 aromatic carbocycles. The molecule has 4 rings (SSSR count). The standard InChI is InChI=1S/C21H15F3N2O5.C5H12O/c22-21(23,24)12-6-4-11(5-7-12)14-10-31-15-3-1-2-13-17(15)26(14)20(30)16(18(13)28)19(29)25-8-9-27;1-5(2,3)6-4/h1-7,9,14,28H,8,10H2,(H,25,29);1-4H3. The summed E-state index contributed by atoms with van der Waals surface area (Å²) >= 11 is 0. The van der Waals surface area contributed by atoms with Crippen LogP contribution in [0.5, 0.6) is 11.5 Å². The van der Waals surface area contributed by atoms with Gasteiger partial charge in [-0.2, -0.15) is 13.2 Å². The molecule has 1 aliphatic heterocycles. The van der Waals surface area contributed by atoms with Crippen LogP contribution >= 0.6 is 0 Å². The largest absolute Gasteiger partial charge is 0.506 e. The number of aromatic hydroxyl groups is 1. The number of ether oxygens (including phenoxy) is 2. The van der Waals surface area contributed by atoms with E-state index in [2.05, 4.69) is 5.32 Å². The van der Waals surface area contributed by atoms with Crippen molar-refractivity contribution in [3.8, 4) is 11.5 Å². The summed E-state index contributed by atoms with van der Waals surface area (Å²) in [5.41, 5.74) is -1.64. The minimum absolute atomic E-state index is 0.0417. The zero-order chi connectivity index (χ0) is 27.5. The molecule has 1 aromatic heterocycles. The van der Waals surface area contributed by atoms with Gasteiger partial charge >= 0.3 is 6.18 Å². The van der Waals surface area contributed by atoms with Crippen LogP contribution in [0.25, 0.3) is 10.9 Å². The maximum absolute atomic E-state index is 13.3. The van der Waals surface area contributed by atoms with Crippen molar-refractivity contribution in [2.75, 3.05) is 20.3 Å². The predicted octanol–water partition coefficient (Wildman–Crippen LogP) is 4.07. The minimum atomic E-state index is -4.51. The smallest absolute Gasteiger partial charge is 0.416 e. The molecule has 1 atom stereocenters. The maximum atomic E-state index is 13.3. The van der Waals surface area contributed by atoms with E-state index in [4.69, 9.17) is 9.47 Å². The van der Waals surface area contributed by atoms with Crippen LogP contribution in [0.4, 0.5) is 13.2 Å². The van der Waals surface area contributed by atoms with Crippen molar-refractivity contribution >= 4 is 23.1 Å². The van der Waals surface area contributed by atoms with E-state index < -0.39 is 40.6 Å². The van der Waals surface area contributed by atoms with Gasteiger partial charge in [0, 0.05) is 12.5 Å². The lowest BCUT2D eigenvalue weighted by atomic mass is 10.0. The number of halogens is 3. The summed E-state index contributed by atoms with van der Waals surface area (Å²) in [4.78, 5) is 36.3. The number of nitrogens with one attached hydrogen (secondary N) is 1. The lowest BCUT2D eigenvalue weighted by Crippen LogP contribution is -2.38. The van der Waals surface area contributed by atoms with Crippen LogP contribution in [-0.4, -0.2) is 47.7 Å². The Bertz CT molecular complexity index is 1360. The molecule has 0 radical (unpaired) electrons. The first-order valence-electron chi connectivity index (χ1n) is 11.3. The minimum Gasteiger partial charge on any atom is -0.506 e. The normalized spacial score (nSPS) is 14.8. The molecule has 0 bridgehead atoms. The van der Waals surface area contributed by atoms with E-state index in [1.165, 1.54) is 22.8 Å². The fourth-order valence-corrected chi connectivity index (χ4v) is 3.64. The summed E-state index contributed by atoms with van der Waals surface area (Å²) in [5.74, 6) is -1.23. The number of para-hydroxylation sites is 1. The molecule has 2 heterocycles. The molecule has 198 valence electrons. The summed E-state index contributed by atoms with van der Waals surface area (Å²) < 4.78 is 50.6. The van der Waals surface area contributed by atoms with Gasteiger partial charge in [-0.1, -0.05) is 18.2 Å². The second-order valence-electron chi connectivity index (χ2n) is 9.19. The number of pyridine rings is 1. The number of methoxy groups -OCH3 is 1. The molecule has 0 aliphatic carbocycles. The number of rotatable bonds is 4. The molecule has 8 nitrogen and oxygen atoms in total. The van der Waals surface area contributed by atoms with Gasteiger partial charge < -0.3 is 24.7 Å². The first-order chi connectivity index (χ1) is 17.3. The number of alkyl halides is 3. The first-order valence-corrected chi connectivity index (χ1v) is 11.3. The van der Waals surface area contributed by atoms with E-state index >= 15 is 0 Å². The van der Waals surface area contributed by atoms with Crippen LogP contribution in [0, 0.1) is 0 Å². The Labute approximate surface area is 210 Å². The molecule has 0 saturated carbocycles. The highest BCUT2D eigenvalue weighted by molar-refractivity contribution is 6.04. The molecule has 37 heavy (non-hydrogen) atoms. The van der Waals surface area contributed by atoms with Gasteiger partial charge in [0.05, 0.1) is 29.3 Å². The Balaban J connectivity index is 0.000000568. The molecule has 0 spiro atoms. The molecule has 2 N–H and O–H groups in total. The van der Waals surface area contributed by atoms with Crippen LogP contribution in [0.3, 0.4) is 0 Å². The zero-order valence-corrected chi connectivity index (χ0v) is 20.7. The summed E-state index contributed by atoms with van der Waals surface area (Å²) in [5, 5.41) is 13.0. The lowest BCUT2D eigenvalue weighted by Gasteiger charge is -2.29. The quantitative estimate of drug-likeness (QED) is 0.503.